The molecule has 8 heteroatoms. The van der Waals surface area contributed by atoms with Crippen molar-refractivity contribution in [2.24, 2.45) is 0 Å². The Labute approximate surface area is 174 Å². The zero-order valence-corrected chi connectivity index (χ0v) is 17.2. The average Bonchev–Trinajstić information content (AvgIpc) is 2.68. The van der Waals surface area contributed by atoms with E-state index >= 15 is 0 Å². The lowest BCUT2D eigenvalue weighted by Crippen LogP contribution is -2.25. The fourth-order valence-corrected chi connectivity index (χ4v) is 5.69. The van der Waals surface area contributed by atoms with Crippen LogP contribution in [0.5, 0.6) is 0 Å². The minimum absolute atomic E-state index is 0.0883. The molecular weight excluding hydrogens is 415 g/mol. The third-order valence-electron chi connectivity index (χ3n) is 5.26. The van der Waals surface area contributed by atoms with Gasteiger partial charge in [-0.15, -0.1) is 0 Å². The number of benzene rings is 2. The number of carbonyl (C=O) groups excluding carboxylic acids is 1. The first kappa shape index (κ1) is 22.3. The van der Waals surface area contributed by atoms with Gasteiger partial charge in [-0.3, -0.25) is 4.79 Å². The normalized spacial score (nSPS) is 15.7. The van der Waals surface area contributed by atoms with E-state index in [0.717, 1.165) is 31.4 Å². The molecule has 30 heavy (non-hydrogen) atoms. The van der Waals surface area contributed by atoms with Crippen molar-refractivity contribution in [2.75, 3.05) is 5.32 Å². The Balaban J connectivity index is 1.64. The molecule has 0 bridgehead atoms. The van der Waals surface area contributed by atoms with E-state index in [9.17, 15) is 26.4 Å². The molecule has 1 aliphatic carbocycles. The van der Waals surface area contributed by atoms with Crippen LogP contribution in [0.2, 0.25) is 0 Å². The van der Waals surface area contributed by atoms with Crippen LogP contribution in [0.4, 0.5) is 18.9 Å². The van der Waals surface area contributed by atoms with Crippen LogP contribution in [0.15, 0.2) is 48.5 Å². The van der Waals surface area contributed by atoms with Crippen molar-refractivity contribution in [1.82, 2.24) is 0 Å². The minimum atomic E-state index is -4.47. The largest absolute Gasteiger partial charge is 0.416 e. The lowest BCUT2D eigenvalue weighted by Gasteiger charge is -2.21. The predicted molar refractivity (Wildman–Crippen MR) is 110 cm³/mol. The first-order valence-corrected chi connectivity index (χ1v) is 11.6. The number of rotatable bonds is 6. The summed E-state index contributed by atoms with van der Waals surface area (Å²) in [6.45, 7) is 0. The molecule has 0 atom stereocenters. The van der Waals surface area contributed by atoms with Gasteiger partial charge in [0.1, 0.15) is 0 Å². The summed E-state index contributed by atoms with van der Waals surface area (Å²) in [6.07, 6.45) is -0.380. The maximum atomic E-state index is 12.8. The highest BCUT2D eigenvalue weighted by atomic mass is 32.2. The van der Waals surface area contributed by atoms with E-state index in [-0.39, 0.29) is 23.0 Å². The Morgan fingerprint density at radius 1 is 0.967 bits per heavy atom. The van der Waals surface area contributed by atoms with E-state index in [1.807, 2.05) is 0 Å². The molecule has 1 aliphatic rings. The summed E-state index contributed by atoms with van der Waals surface area (Å²) in [7, 11) is -3.27. The second-order valence-electron chi connectivity index (χ2n) is 7.69. The molecule has 0 radical (unpaired) electrons. The van der Waals surface area contributed by atoms with Crippen LogP contribution < -0.4 is 5.32 Å². The van der Waals surface area contributed by atoms with Gasteiger partial charge >= 0.3 is 6.18 Å². The molecule has 1 fully saturated rings. The van der Waals surface area contributed by atoms with Crippen LogP contribution >= 0.6 is 0 Å². The second kappa shape index (κ2) is 9.20. The molecule has 1 N–H and O–H groups in total. The van der Waals surface area contributed by atoms with Crippen LogP contribution in [0.1, 0.15) is 48.8 Å². The van der Waals surface area contributed by atoms with Crippen molar-refractivity contribution >= 4 is 21.4 Å². The maximum Gasteiger partial charge on any atom is 0.416 e. The third-order valence-corrected chi connectivity index (χ3v) is 7.48. The molecule has 1 amide bonds. The minimum Gasteiger partial charge on any atom is -0.326 e. The number of hydrogen-bond acceptors (Lipinski definition) is 3. The molecule has 0 aliphatic heterocycles. The van der Waals surface area contributed by atoms with Crippen LogP contribution in [0, 0.1) is 0 Å². The molecule has 0 spiro atoms. The van der Waals surface area contributed by atoms with Gasteiger partial charge in [0.2, 0.25) is 5.91 Å². The molecule has 2 aromatic rings. The van der Waals surface area contributed by atoms with Crippen molar-refractivity contribution in [1.29, 1.82) is 0 Å². The van der Waals surface area contributed by atoms with Gasteiger partial charge in [-0.05, 0) is 42.2 Å². The van der Waals surface area contributed by atoms with Gasteiger partial charge in [0.15, 0.2) is 9.84 Å². The first-order valence-electron chi connectivity index (χ1n) is 9.90. The smallest absolute Gasteiger partial charge is 0.326 e. The molecule has 0 heterocycles. The van der Waals surface area contributed by atoms with Gasteiger partial charge in [-0.25, -0.2) is 8.42 Å². The number of halogens is 3. The maximum absolute atomic E-state index is 12.8. The molecule has 2 aromatic carbocycles. The number of carbonyl (C=O) groups is 1. The fourth-order valence-electron chi connectivity index (χ4n) is 3.76. The second-order valence-corrected chi connectivity index (χ2v) is 9.97. The van der Waals surface area contributed by atoms with Crippen LogP contribution in [-0.2, 0) is 33.0 Å². The highest BCUT2D eigenvalue weighted by molar-refractivity contribution is 7.91. The Bertz CT molecular complexity index is 997. The van der Waals surface area contributed by atoms with Gasteiger partial charge in [-0.2, -0.15) is 13.2 Å². The number of amides is 1. The zero-order chi connectivity index (χ0) is 21.8. The summed E-state index contributed by atoms with van der Waals surface area (Å²) in [5.74, 6) is -0.559. The molecule has 3 rings (SSSR count). The fraction of sp³-hybridized carbons (Fsp3) is 0.409. The Morgan fingerprint density at radius 3 is 2.33 bits per heavy atom. The van der Waals surface area contributed by atoms with Gasteiger partial charge in [-0.1, -0.05) is 49.6 Å². The van der Waals surface area contributed by atoms with Crippen molar-refractivity contribution in [3.05, 3.63) is 65.2 Å². The first-order chi connectivity index (χ1) is 14.1. The van der Waals surface area contributed by atoms with E-state index in [1.165, 1.54) is 12.1 Å². The van der Waals surface area contributed by atoms with Crippen LogP contribution in [0.3, 0.4) is 0 Å². The standard InChI is InChI=1S/C22H24F3NO3S/c23-22(24,25)18-8-4-6-16(12-18)14-21(27)26-19-9-5-7-17(13-19)15-30(28,29)20-10-2-1-3-11-20/h4-9,12-13,20H,1-3,10-11,14-15H2,(H,26,27). The van der Waals surface area contributed by atoms with Gasteiger partial charge in [0.05, 0.1) is 23.0 Å². The van der Waals surface area contributed by atoms with Crippen LogP contribution in [-0.4, -0.2) is 19.6 Å². The highest BCUT2D eigenvalue weighted by Crippen LogP contribution is 2.30. The number of alkyl halides is 3. The van der Waals surface area contributed by atoms with Gasteiger partial charge in [0, 0.05) is 5.69 Å². The molecule has 162 valence electrons. The van der Waals surface area contributed by atoms with E-state index in [4.69, 9.17) is 0 Å². The monoisotopic (exact) mass is 439 g/mol. The van der Waals surface area contributed by atoms with Crippen LogP contribution in [0.25, 0.3) is 0 Å². The molecule has 0 unspecified atom stereocenters. The lowest BCUT2D eigenvalue weighted by molar-refractivity contribution is -0.137. The number of nitrogens with one attached hydrogen (secondary N) is 1. The predicted octanol–water partition coefficient (Wildman–Crippen LogP) is 5.13. The summed E-state index contributed by atoms with van der Waals surface area (Å²) in [5, 5.41) is 2.32. The van der Waals surface area contributed by atoms with Crippen molar-refractivity contribution in [3.63, 3.8) is 0 Å². The SMILES string of the molecule is O=C(Cc1cccc(C(F)(F)F)c1)Nc1cccc(CS(=O)(=O)C2CCCCC2)c1. The molecule has 0 aromatic heterocycles. The molecule has 1 saturated carbocycles. The number of anilines is 1. The summed E-state index contributed by atoms with van der Waals surface area (Å²) in [4.78, 5) is 12.3. The van der Waals surface area contributed by atoms with E-state index < -0.39 is 27.5 Å². The Hall–Kier alpha value is -2.35. The zero-order valence-electron chi connectivity index (χ0n) is 16.4. The molecule has 4 nitrogen and oxygen atoms in total. The Kier molecular flexibility index (Phi) is 6.85. The van der Waals surface area contributed by atoms with Crippen molar-refractivity contribution in [3.8, 4) is 0 Å². The van der Waals surface area contributed by atoms with Crippen molar-refractivity contribution in [2.45, 2.75) is 55.7 Å². The van der Waals surface area contributed by atoms with Gasteiger partial charge in [0.25, 0.3) is 0 Å². The summed E-state index contributed by atoms with van der Waals surface area (Å²) >= 11 is 0. The van der Waals surface area contributed by atoms with E-state index in [2.05, 4.69) is 5.32 Å². The summed E-state index contributed by atoms with van der Waals surface area (Å²) in [5.41, 5.74) is 0.446. The number of hydrogen-bond donors (Lipinski definition) is 1. The summed E-state index contributed by atoms with van der Waals surface area (Å²) < 4.78 is 63.8. The topological polar surface area (TPSA) is 63.2 Å². The third kappa shape index (κ3) is 6.08. The highest BCUT2D eigenvalue weighted by Gasteiger charge is 2.30. The lowest BCUT2D eigenvalue weighted by atomic mass is 10.0. The molecular formula is C22H24F3NO3S. The molecule has 0 saturated heterocycles. The van der Waals surface area contributed by atoms with Crippen molar-refractivity contribution < 1.29 is 26.4 Å². The average molecular weight is 439 g/mol. The summed E-state index contributed by atoms with van der Waals surface area (Å²) in [6, 6.07) is 11.2. The van der Waals surface area contributed by atoms with E-state index in [0.29, 0.717) is 24.1 Å². The quantitative estimate of drug-likeness (QED) is 0.678. The Morgan fingerprint density at radius 2 is 1.63 bits per heavy atom. The number of sulfone groups is 1. The van der Waals surface area contributed by atoms with Gasteiger partial charge < -0.3 is 5.32 Å². The van der Waals surface area contributed by atoms with E-state index in [1.54, 1.807) is 24.3 Å².